The SMILES string of the molecule is O=C(CN1CCC12CCCN(C(=O)c1nccc3ccccc13)C2)N1CCCC1. The molecule has 2 amide bonds. The van der Waals surface area contributed by atoms with E-state index in [1.807, 2.05) is 40.1 Å². The van der Waals surface area contributed by atoms with Crippen molar-refractivity contribution in [1.82, 2.24) is 19.7 Å². The maximum atomic E-state index is 13.3. The van der Waals surface area contributed by atoms with Gasteiger partial charge in [-0.15, -0.1) is 0 Å². The largest absolute Gasteiger partial charge is 0.342 e. The zero-order chi connectivity index (χ0) is 19.8. The lowest BCUT2D eigenvalue weighted by Crippen LogP contribution is -2.68. The van der Waals surface area contributed by atoms with E-state index in [9.17, 15) is 9.59 Å². The number of rotatable bonds is 3. The molecule has 0 bridgehead atoms. The number of pyridine rings is 1. The lowest BCUT2D eigenvalue weighted by molar-refractivity contribution is -0.138. The molecule has 0 saturated carbocycles. The molecular weight excluding hydrogens is 364 g/mol. The minimum absolute atomic E-state index is 0.0126. The molecule has 152 valence electrons. The Morgan fingerprint density at radius 2 is 1.72 bits per heavy atom. The van der Waals surface area contributed by atoms with Gasteiger partial charge < -0.3 is 9.80 Å². The Hall–Kier alpha value is -2.47. The highest BCUT2D eigenvalue weighted by atomic mass is 16.2. The van der Waals surface area contributed by atoms with E-state index >= 15 is 0 Å². The number of nitrogens with zero attached hydrogens (tertiary/aromatic N) is 4. The van der Waals surface area contributed by atoms with Crippen molar-refractivity contribution >= 4 is 22.6 Å². The lowest BCUT2D eigenvalue weighted by Gasteiger charge is -2.57. The monoisotopic (exact) mass is 392 g/mol. The summed E-state index contributed by atoms with van der Waals surface area (Å²) >= 11 is 0. The molecule has 5 rings (SSSR count). The van der Waals surface area contributed by atoms with Crippen molar-refractivity contribution in [2.45, 2.75) is 37.6 Å². The summed E-state index contributed by atoms with van der Waals surface area (Å²) in [6.07, 6.45) is 7.07. The van der Waals surface area contributed by atoms with Crippen molar-refractivity contribution in [1.29, 1.82) is 0 Å². The van der Waals surface area contributed by atoms with Gasteiger partial charge in [-0.3, -0.25) is 19.5 Å². The van der Waals surface area contributed by atoms with Crippen molar-refractivity contribution in [3.8, 4) is 0 Å². The zero-order valence-corrected chi connectivity index (χ0v) is 16.8. The van der Waals surface area contributed by atoms with Crippen molar-refractivity contribution in [2.24, 2.45) is 0 Å². The second-order valence-electron chi connectivity index (χ2n) is 8.69. The first-order valence-corrected chi connectivity index (χ1v) is 10.8. The van der Waals surface area contributed by atoms with Gasteiger partial charge in [0.05, 0.1) is 6.54 Å². The number of likely N-dealkylation sites (tertiary alicyclic amines) is 3. The highest BCUT2D eigenvalue weighted by molar-refractivity contribution is 6.05. The molecule has 1 spiro atoms. The van der Waals surface area contributed by atoms with E-state index in [-0.39, 0.29) is 17.4 Å². The summed E-state index contributed by atoms with van der Waals surface area (Å²) in [7, 11) is 0. The summed E-state index contributed by atoms with van der Waals surface area (Å²) < 4.78 is 0. The molecule has 4 heterocycles. The van der Waals surface area contributed by atoms with Crippen LogP contribution in [0.2, 0.25) is 0 Å². The van der Waals surface area contributed by atoms with Crippen molar-refractivity contribution in [2.75, 3.05) is 39.3 Å². The molecule has 29 heavy (non-hydrogen) atoms. The fourth-order valence-electron chi connectivity index (χ4n) is 5.25. The maximum Gasteiger partial charge on any atom is 0.273 e. The summed E-state index contributed by atoms with van der Waals surface area (Å²) in [6.45, 7) is 4.71. The van der Waals surface area contributed by atoms with Crippen LogP contribution in [-0.4, -0.2) is 76.3 Å². The molecule has 1 aromatic heterocycles. The Labute approximate surface area is 171 Å². The quantitative estimate of drug-likeness (QED) is 0.806. The van der Waals surface area contributed by atoms with Crippen LogP contribution in [-0.2, 0) is 4.79 Å². The van der Waals surface area contributed by atoms with Crippen molar-refractivity contribution in [3.05, 3.63) is 42.2 Å². The van der Waals surface area contributed by atoms with Gasteiger partial charge >= 0.3 is 0 Å². The van der Waals surface area contributed by atoms with Gasteiger partial charge in [0.25, 0.3) is 5.91 Å². The van der Waals surface area contributed by atoms with Crippen molar-refractivity contribution in [3.63, 3.8) is 0 Å². The molecule has 0 radical (unpaired) electrons. The Morgan fingerprint density at radius 3 is 2.52 bits per heavy atom. The summed E-state index contributed by atoms with van der Waals surface area (Å²) in [5.74, 6) is 0.263. The first-order chi connectivity index (χ1) is 14.2. The number of carbonyl (C=O) groups excluding carboxylic acids is 2. The van der Waals surface area contributed by atoms with Gasteiger partial charge in [0.2, 0.25) is 5.91 Å². The van der Waals surface area contributed by atoms with E-state index in [0.717, 1.165) is 69.1 Å². The highest BCUT2D eigenvalue weighted by Crippen LogP contribution is 2.39. The van der Waals surface area contributed by atoms with Crippen LogP contribution in [0, 0.1) is 0 Å². The van der Waals surface area contributed by atoms with E-state index in [0.29, 0.717) is 18.8 Å². The van der Waals surface area contributed by atoms with Gasteiger partial charge in [-0.1, -0.05) is 24.3 Å². The molecule has 1 unspecified atom stereocenters. The van der Waals surface area contributed by atoms with Gasteiger partial charge in [-0.2, -0.15) is 0 Å². The minimum Gasteiger partial charge on any atom is -0.342 e. The normalized spacial score (nSPS) is 24.8. The Kier molecular flexibility index (Phi) is 4.74. The molecule has 1 atom stereocenters. The Morgan fingerprint density at radius 1 is 0.931 bits per heavy atom. The topological polar surface area (TPSA) is 56.8 Å². The third-order valence-corrected chi connectivity index (χ3v) is 7.02. The third-order valence-electron chi connectivity index (χ3n) is 7.02. The van der Waals surface area contributed by atoms with Gasteiger partial charge in [-0.05, 0) is 43.6 Å². The van der Waals surface area contributed by atoms with Crippen LogP contribution in [0.25, 0.3) is 10.8 Å². The number of benzene rings is 1. The maximum absolute atomic E-state index is 13.3. The molecule has 3 aliphatic heterocycles. The molecule has 3 fully saturated rings. The van der Waals surface area contributed by atoms with E-state index in [4.69, 9.17) is 0 Å². The fourth-order valence-corrected chi connectivity index (χ4v) is 5.25. The number of hydrogen-bond donors (Lipinski definition) is 0. The summed E-state index contributed by atoms with van der Waals surface area (Å²) in [5.41, 5.74) is 0.507. The van der Waals surface area contributed by atoms with Crippen LogP contribution in [0.15, 0.2) is 36.5 Å². The van der Waals surface area contributed by atoms with Crippen LogP contribution >= 0.6 is 0 Å². The average Bonchev–Trinajstić information content (AvgIpc) is 3.31. The number of aromatic nitrogens is 1. The molecule has 3 aliphatic rings. The zero-order valence-electron chi connectivity index (χ0n) is 16.8. The van der Waals surface area contributed by atoms with Crippen LogP contribution in [0.5, 0.6) is 0 Å². The van der Waals surface area contributed by atoms with Gasteiger partial charge in [-0.25, -0.2) is 0 Å². The summed E-state index contributed by atoms with van der Waals surface area (Å²) in [5, 5.41) is 1.95. The molecule has 0 aliphatic carbocycles. The number of amides is 2. The van der Waals surface area contributed by atoms with Crippen molar-refractivity contribution < 1.29 is 9.59 Å². The molecule has 1 aromatic carbocycles. The smallest absolute Gasteiger partial charge is 0.273 e. The molecule has 0 N–H and O–H groups in total. The Bertz CT molecular complexity index is 934. The van der Waals surface area contributed by atoms with Crippen LogP contribution < -0.4 is 0 Å². The molecule has 6 nitrogen and oxygen atoms in total. The second-order valence-corrected chi connectivity index (χ2v) is 8.69. The Balaban J connectivity index is 1.32. The molecular formula is C23H28N4O2. The number of carbonyl (C=O) groups is 2. The number of fused-ring (bicyclic) bond motifs is 1. The minimum atomic E-state index is -0.0339. The van der Waals surface area contributed by atoms with Gasteiger partial charge in [0.1, 0.15) is 5.69 Å². The predicted molar refractivity (Wildman–Crippen MR) is 112 cm³/mol. The summed E-state index contributed by atoms with van der Waals surface area (Å²) in [6, 6.07) is 9.87. The van der Waals surface area contributed by atoms with E-state index < -0.39 is 0 Å². The van der Waals surface area contributed by atoms with Crippen LogP contribution in [0.4, 0.5) is 0 Å². The van der Waals surface area contributed by atoms with E-state index in [1.165, 1.54) is 0 Å². The lowest BCUT2D eigenvalue weighted by atomic mass is 9.77. The molecule has 3 saturated heterocycles. The molecule has 2 aromatic rings. The van der Waals surface area contributed by atoms with E-state index in [1.54, 1.807) is 6.20 Å². The van der Waals surface area contributed by atoms with Gasteiger partial charge in [0.15, 0.2) is 0 Å². The third kappa shape index (κ3) is 3.29. The number of piperidine rings is 1. The average molecular weight is 393 g/mol. The van der Waals surface area contributed by atoms with Crippen LogP contribution in [0.3, 0.4) is 0 Å². The standard InChI is InChI=1S/C23H28N4O2/c28-20(25-12-3-4-13-25)16-27-15-10-23(27)9-5-14-26(17-23)22(29)21-19-7-2-1-6-18(19)8-11-24-21/h1-2,6-8,11H,3-5,9-10,12-17H2. The first-order valence-electron chi connectivity index (χ1n) is 10.8. The molecule has 6 heteroatoms. The van der Waals surface area contributed by atoms with E-state index in [2.05, 4.69) is 9.88 Å². The van der Waals surface area contributed by atoms with Gasteiger partial charge in [0, 0.05) is 49.8 Å². The summed E-state index contributed by atoms with van der Waals surface area (Å²) in [4.78, 5) is 36.7. The number of hydrogen-bond acceptors (Lipinski definition) is 4. The fraction of sp³-hybridized carbons (Fsp3) is 0.522. The highest BCUT2D eigenvalue weighted by Gasteiger charge is 2.49. The second kappa shape index (κ2) is 7.41. The van der Waals surface area contributed by atoms with Crippen LogP contribution in [0.1, 0.15) is 42.6 Å². The first kappa shape index (κ1) is 18.6. The predicted octanol–water partition coefficient (Wildman–Crippen LogP) is 2.54.